The molecule has 3 rings (SSSR count). The third-order valence-corrected chi connectivity index (χ3v) is 3.77. The van der Waals surface area contributed by atoms with E-state index in [0.29, 0.717) is 11.5 Å². The van der Waals surface area contributed by atoms with Crippen molar-refractivity contribution in [2.24, 2.45) is 0 Å². The fourth-order valence-corrected chi connectivity index (χ4v) is 2.66. The Morgan fingerprint density at radius 3 is 2.63 bits per heavy atom. The Kier molecular flexibility index (Phi) is 2.68. The highest BCUT2D eigenvalue weighted by Gasteiger charge is 2.18. The standard InChI is InChI=1S/C12H10N4O2S/c17-19(18,15-10-5-2-1-3-6-10)11-9-16-8-4-7-13-12(16)14-11/h1-9,15H. The molecular weight excluding hydrogens is 264 g/mol. The molecule has 6 nitrogen and oxygen atoms in total. The molecule has 7 heteroatoms. The lowest BCUT2D eigenvalue weighted by atomic mass is 10.3. The van der Waals surface area contributed by atoms with Gasteiger partial charge in [-0.05, 0) is 18.2 Å². The van der Waals surface area contributed by atoms with Gasteiger partial charge in [-0.25, -0.2) is 4.98 Å². The molecule has 1 aromatic carbocycles. The van der Waals surface area contributed by atoms with Crippen LogP contribution in [0.2, 0.25) is 0 Å². The van der Waals surface area contributed by atoms with E-state index >= 15 is 0 Å². The summed E-state index contributed by atoms with van der Waals surface area (Å²) in [6.07, 6.45) is 4.67. The topological polar surface area (TPSA) is 76.4 Å². The van der Waals surface area contributed by atoms with E-state index in [4.69, 9.17) is 0 Å². The van der Waals surface area contributed by atoms with Gasteiger partial charge in [0.05, 0.1) is 6.20 Å². The molecule has 0 aliphatic heterocycles. The number of benzene rings is 1. The van der Waals surface area contributed by atoms with E-state index in [0.717, 1.165) is 0 Å². The molecule has 0 saturated carbocycles. The molecule has 0 aliphatic rings. The summed E-state index contributed by atoms with van der Waals surface area (Å²) in [4.78, 5) is 7.96. The highest BCUT2D eigenvalue weighted by atomic mass is 32.2. The van der Waals surface area contributed by atoms with Crippen molar-refractivity contribution in [1.29, 1.82) is 0 Å². The van der Waals surface area contributed by atoms with Crippen LogP contribution in [0.5, 0.6) is 0 Å². The molecule has 2 aromatic heterocycles. The van der Waals surface area contributed by atoms with Crippen LogP contribution < -0.4 is 4.72 Å². The van der Waals surface area contributed by atoms with Crippen molar-refractivity contribution in [1.82, 2.24) is 14.4 Å². The quantitative estimate of drug-likeness (QED) is 0.785. The van der Waals surface area contributed by atoms with Gasteiger partial charge in [0.1, 0.15) is 0 Å². The Morgan fingerprint density at radius 2 is 1.89 bits per heavy atom. The summed E-state index contributed by atoms with van der Waals surface area (Å²) in [6.45, 7) is 0. The van der Waals surface area contributed by atoms with Crippen molar-refractivity contribution in [2.45, 2.75) is 5.03 Å². The van der Waals surface area contributed by atoms with E-state index < -0.39 is 10.0 Å². The Labute approximate surface area is 109 Å². The smallest absolute Gasteiger partial charge is 0.281 e. The van der Waals surface area contributed by atoms with Crippen LogP contribution in [-0.4, -0.2) is 22.8 Å². The Bertz CT molecular complexity index is 779. The first-order valence-corrected chi connectivity index (χ1v) is 7.01. The van der Waals surface area contributed by atoms with Gasteiger partial charge in [0.2, 0.25) is 5.78 Å². The van der Waals surface area contributed by atoms with Gasteiger partial charge < -0.3 is 0 Å². The summed E-state index contributed by atoms with van der Waals surface area (Å²) in [5.74, 6) is 0.343. The maximum absolute atomic E-state index is 12.2. The van der Waals surface area contributed by atoms with E-state index in [1.807, 2.05) is 6.07 Å². The van der Waals surface area contributed by atoms with Gasteiger partial charge in [-0.15, -0.1) is 0 Å². The molecule has 0 aliphatic carbocycles. The second-order valence-corrected chi connectivity index (χ2v) is 5.51. The monoisotopic (exact) mass is 274 g/mol. The maximum atomic E-state index is 12.2. The fourth-order valence-electron chi connectivity index (χ4n) is 1.65. The number of imidazole rings is 1. The second kappa shape index (κ2) is 4.36. The summed E-state index contributed by atoms with van der Waals surface area (Å²) in [6, 6.07) is 10.4. The third kappa shape index (κ3) is 2.27. The fraction of sp³-hybridized carbons (Fsp3) is 0. The molecule has 2 heterocycles. The highest BCUT2D eigenvalue weighted by molar-refractivity contribution is 7.92. The van der Waals surface area contributed by atoms with Crippen LogP contribution in [0.4, 0.5) is 5.69 Å². The zero-order chi connectivity index (χ0) is 13.3. The van der Waals surface area contributed by atoms with Crippen LogP contribution in [0.25, 0.3) is 5.78 Å². The van der Waals surface area contributed by atoms with Crippen molar-refractivity contribution >= 4 is 21.5 Å². The van der Waals surface area contributed by atoms with E-state index in [9.17, 15) is 8.42 Å². The van der Waals surface area contributed by atoms with E-state index in [1.54, 1.807) is 47.1 Å². The predicted molar refractivity (Wildman–Crippen MR) is 70.2 cm³/mol. The van der Waals surface area contributed by atoms with Crippen LogP contribution in [0.3, 0.4) is 0 Å². The number of hydrogen-bond acceptors (Lipinski definition) is 4. The Hall–Kier alpha value is -2.41. The van der Waals surface area contributed by atoms with Gasteiger partial charge in [0, 0.05) is 18.1 Å². The van der Waals surface area contributed by atoms with E-state index in [-0.39, 0.29) is 5.03 Å². The first-order valence-electron chi connectivity index (χ1n) is 5.53. The molecule has 0 atom stereocenters. The molecule has 0 amide bonds. The van der Waals surface area contributed by atoms with Crippen LogP contribution >= 0.6 is 0 Å². The zero-order valence-corrected chi connectivity index (χ0v) is 10.6. The van der Waals surface area contributed by atoms with Crippen molar-refractivity contribution in [2.75, 3.05) is 4.72 Å². The largest absolute Gasteiger partial charge is 0.290 e. The number of hydrogen-bond donors (Lipinski definition) is 1. The van der Waals surface area contributed by atoms with Crippen molar-refractivity contribution in [3.8, 4) is 0 Å². The van der Waals surface area contributed by atoms with Crippen LogP contribution in [0.1, 0.15) is 0 Å². The number of sulfonamides is 1. The predicted octanol–water partition coefficient (Wildman–Crippen LogP) is 1.53. The third-order valence-electron chi connectivity index (χ3n) is 2.51. The van der Waals surface area contributed by atoms with Gasteiger partial charge in [0.15, 0.2) is 5.03 Å². The molecule has 0 unspecified atom stereocenters. The lowest BCUT2D eigenvalue weighted by Crippen LogP contribution is -2.13. The number of aromatic nitrogens is 3. The van der Waals surface area contributed by atoms with Crippen LogP contribution in [0.15, 0.2) is 60.0 Å². The number of nitrogens with zero attached hydrogens (tertiary/aromatic N) is 3. The maximum Gasteiger partial charge on any atom is 0.281 e. The summed E-state index contributed by atoms with van der Waals surface area (Å²) in [5, 5.41) is -0.0601. The molecule has 96 valence electrons. The minimum absolute atomic E-state index is 0.0601. The highest BCUT2D eigenvalue weighted by Crippen LogP contribution is 2.14. The molecular formula is C12H10N4O2S. The lowest BCUT2D eigenvalue weighted by molar-refractivity contribution is 0.598. The molecule has 19 heavy (non-hydrogen) atoms. The van der Waals surface area contributed by atoms with Gasteiger partial charge >= 0.3 is 0 Å². The van der Waals surface area contributed by atoms with Gasteiger partial charge in [-0.1, -0.05) is 18.2 Å². The number of rotatable bonds is 3. The zero-order valence-electron chi connectivity index (χ0n) is 9.76. The summed E-state index contributed by atoms with van der Waals surface area (Å²) in [7, 11) is -3.70. The molecule has 1 N–H and O–H groups in total. The molecule has 3 aromatic rings. The average molecular weight is 274 g/mol. The van der Waals surface area contributed by atoms with E-state index in [2.05, 4.69) is 14.7 Å². The number of nitrogens with one attached hydrogen (secondary N) is 1. The first kappa shape index (κ1) is 11.7. The SMILES string of the molecule is O=S(=O)(Nc1ccccc1)c1cn2cccnc2n1. The molecule has 0 bridgehead atoms. The molecule has 0 fully saturated rings. The van der Waals surface area contributed by atoms with Crippen molar-refractivity contribution in [3.63, 3.8) is 0 Å². The van der Waals surface area contributed by atoms with Crippen molar-refractivity contribution in [3.05, 3.63) is 55.0 Å². The Balaban J connectivity index is 2.00. The average Bonchev–Trinajstić information content (AvgIpc) is 2.84. The second-order valence-electron chi connectivity index (χ2n) is 3.88. The summed E-state index contributed by atoms with van der Waals surface area (Å²) < 4.78 is 28.3. The first-order chi connectivity index (χ1) is 9.15. The normalized spacial score (nSPS) is 11.6. The van der Waals surface area contributed by atoms with Gasteiger partial charge in [-0.2, -0.15) is 13.4 Å². The van der Waals surface area contributed by atoms with Gasteiger partial charge in [-0.3, -0.25) is 9.12 Å². The lowest BCUT2D eigenvalue weighted by Gasteiger charge is -2.04. The van der Waals surface area contributed by atoms with E-state index in [1.165, 1.54) is 6.20 Å². The number of anilines is 1. The van der Waals surface area contributed by atoms with Crippen LogP contribution in [0, 0.1) is 0 Å². The minimum Gasteiger partial charge on any atom is -0.290 e. The van der Waals surface area contributed by atoms with Crippen molar-refractivity contribution < 1.29 is 8.42 Å². The number of para-hydroxylation sites is 1. The summed E-state index contributed by atoms with van der Waals surface area (Å²) in [5.41, 5.74) is 0.493. The van der Waals surface area contributed by atoms with Crippen LogP contribution in [-0.2, 0) is 10.0 Å². The molecule has 0 saturated heterocycles. The number of fused-ring (bicyclic) bond motifs is 1. The molecule has 0 spiro atoms. The van der Waals surface area contributed by atoms with Gasteiger partial charge in [0.25, 0.3) is 10.0 Å². The molecule has 0 radical (unpaired) electrons. The minimum atomic E-state index is -3.70. The Morgan fingerprint density at radius 1 is 1.11 bits per heavy atom. The summed E-state index contributed by atoms with van der Waals surface area (Å²) >= 11 is 0.